The van der Waals surface area contributed by atoms with Gasteiger partial charge in [-0.1, -0.05) is 23.7 Å². The Balaban J connectivity index is 1.76. The SMILES string of the molecule is CC1=C(c2ccc(Cl)cc2)S(=O)(=O)N=C1N1CCC(C(=O)NC(C)(C)C)CC1. The van der Waals surface area contributed by atoms with Crippen molar-refractivity contribution in [2.24, 2.45) is 10.3 Å². The molecule has 0 saturated carbocycles. The summed E-state index contributed by atoms with van der Waals surface area (Å²) >= 11 is 5.92. The van der Waals surface area contributed by atoms with Crippen molar-refractivity contribution in [3.8, 4) is 0 Å². The fourth-order valence-corrected chi connectivity index (χ4v) is 5.22. The third-order valence-corrected chi connectivity index (χ3v) is 6.63. The van der Waals surface area contributed by atoms with Crippen LogP contribution in [0.2, 0.25) is 5.02 Å². The molecule has 0 spiro atoms. The summed E-state index contributed by atoms with van der Waals surface area (Å²) in [7, 11) is -3.75. The van der Waals surface area contributed by atoms with Gasteiger partial charge in [0.15, 0.2) is 0 Å². The van der Waals surface area contributed by atoms with Crippen LogP contribution in [0.4, 0.5) is 0 Å². The molecule has 8 heteroatoms. The summed E-state index contributed by atoms with van der Waals surface area (Å²) in [6.45, 7) is 8.87. The van der Waals surface area contributed by atoms with Crippen LogP contribution in [0.3, 0.4) is 0 Å². The number of hydrogen-bond donors (Lipinski definition) is 1. The zero-order valence-electron chi connectivity index (χ0n) is 16.6. The second-order valence-corrected chi connectivity index (χ2v) is 10.3. The van der Waals surface area contributed by atoms with Crippen molar-refractivity contribution in [2.45, 2.75) is 46.1 Å². The van der Waals surface area contributed by atoms with Gasteiger partial charge in [-0.3, -0.25) is 4.79 Å². The molecule has 0 radical (unpaired) electrons. The fraction of sp³-hybridized carbons (Fsp3) is 0.500. The van der Waals surface area contributed by atoms with Gasteiger partial charge in [-0.15, -0.1) is 4.40 Å². The average Bonchev–Trinajstić information content (AvgIpc) is 2.84. The summed E-state index contributed by atoms with van der Waals surface area (Å²) in [6.07, 6.45) is 1.34. The first-order valence-corrected chi connectivity index (χ1v) is 11.2. The largest absolute Gasteiger partial charge is 0.356 e. The van der Waals surface area contributed by atoms with Crippen LogP contribution < -0.4 is 5.32 Å². The maximum atomic E-state index is 12.7. The minimum atomic E-state index is -3.75. The number of carbonyl (C=O) groups excluding carboxylic acids is 1. The highest BCUT2D eigenvalue weighted by Crippen LogP contribution is 2.35. The monoisotopic (exact) mass is 423 g/mol. The van der Waals surface area contributed by atoms with E-state index in [1.165, 1.54) is 0 Å². The molecule has 0 bridgehead atoms. The van der Waals surface area contributed by atoms with E-state index in [1.54, 1.807) is 31.2 Å². The molecule has 2 heterocycles. The fourth-order valence-electron chi connectivity index (χ4n) is 3.61. The summed E-state index contributed by atoms with van der Waals surface area (Å²) in [5, 5.41) is 3.57. The van der Waals surface area contributed by atoms with Gasteiger partial charge >= 0.3 is 0 Å². The first kappa shape index (κ1) is 20.9. The number of amidine groups is 1. The van der Waals surface area contributed by atoms with Gasteiger partial charge in [-0.05, 0) is 58.2 Å². The molecule has 1 fully saturated rings. The lowest BCUT2D eigenvalue weighted by atomic mass is 9.94. The maximum absolute atomic E-state index is 12.7. The Morgan fingerprint density at radius 3 is 2.29 bits per heavy atom. The Bertz CT molecular complexity index is 936. The zero-order chi connectivity index (χ0) is 20.7. The normalized spacial score (nSPS) is 20.3. The topological polar surface area (TPSA) is 78.8 Å². The van der Waals surface area contributed by atoms with Gasteiger partial charge in [-0.2, -0.15) is 8.42 Å². The third kappa shape index (κ3) is 4.41. The molecule has 6 nitrogen and oxygen atoms in total. The standard InChI is InChI=1S/C20H26ClN3O3S/c1-13-17(14-5-7-16(21)8-6-14)28(26,27)23-18(13)24-11-9-15(10-12-24)19(25)22-20(2,3)4/h5-8,15H,9-12H2,1-4H3,(H,22,25). The lowest BCUT2D eigenvalue weighted by molar-refractivity contribution is -0.127. The minimum absolute atomic E-state index is 0.0576. The zero-order valence-corrected chi connectivity index (χ0v) is 18.2. The molecular weight excluding hydrogens is 398 g/mol. The second kappa shape index (κ2) is 7.52. The molecule has 1 aromatic rings. The summed E-state index contributed by atoms with van der Waals surface area (Å²) in [5.74, 6) is 0.482. The van der Waals surface area contributed by atoms with Crippen molar-refractivity contribution >= 4 is 38.3 Å². The van der Waals surface area contributed by atoms with Gasteiger partial charge in [0.2, 0.25) is 5.91 Å². The number of nitrogens with one attached hydrogen (secondary N) is 1. The average molecular weight is 424 g/mol. The van der Waals surface area contributed by atoms with Gasteiger partial charge in [-0.25, -0.2) is 0 Å². The number of sulfonamides is 1. The quantitative estimate of drug-likeness (QED) is 0.790. The molecule has 0 aliphatic carbocycles. The molecule has 28 heavy (non-hydrogen) atoms. The number of hydrogen-bond acceptors (Lipinski definition) is 4. The third-order valence-electron chi connectivity index (χ3n) is 4.91. The van der Waals surface area contributed by atoms with E-state index in [0.29, 0.717) is 47.9 Å². The van der Waals surface area contributed by atoms with Crippen LogP contribution in [-0.2, 0) is 14.8 Å². The molecule has 2 aliphatic heterocycles. The molecule has 2 aliphatic rings. The number of halogens is 1. The Morgan fingerprint density at radius 1 is 1.18 bits per heavy atom. The van der Waals surface area contributed by atoms with Crippen LogP contribution in [0.1, 0.15) is 46.1 Å². The lowest BCUT2D eigenvalue weighted by Crippen LogP contribution is -2.47. The molecule has 0 aromatic heterocycles. The minimum Gasteiger partial charge on any atom is -0.356 e. The Labute approximate surface area is 171 Å². The van der Waals surface area contributed by atoms with E-state index in [0.717, 1.165) is 0 Å². The van der Waals surface area contributed by atoms with Gasteiger partial charge in [0.25, 0.3) is 10.0 Å². The highest BCUT2D eigenvalue weighted by molar-refractivity contribution is 8.00. The summed E-state index contributed by atoms with van der Waals surface area (Å²) in [4.78, 5) is 14.6. The van der Waals surface area contributed by atoms with E-state index in [1.807, 2.05) is 25.7 Å². The molecule has 0 atom stereocenters. The van der Waals surface area contributed by atoms with Crippen LogP contribution in [0.15, 0.2) is 34.2 Å². The van der Waals surface area contributed by atoms with Gasteiger partial charge in [0.1, 0.15) is 10.7 Å². The predicted molar refractivity (Wildman–Crippen MR) is 113 cm³/mol. The predicted octanol–water partition coefficient (Wildman–Crippen LogP) is 3.44. The number of rotatable bonds is 2. The molecule has 0 unspecified atom stereocenters. The molecule has 1 N–H and O–H groups in total. The second-order valence-electron chi connectivity index (χ2n) is 8.35. The van der Waals surface area contributed by atoms with Gasteiger partial charge in [0, 0.05) is 35.1 Å². The molecule has 3 rings (SSSR count). The van der Waals surface area contributed by atoms with Crippen molar-refractivity contribution in [2.75, 3.05) is 13.1 Å². The highest BCUT2D eigenvalue weighted by Gasteiger charge is 2.36. The van der Waals surface area contributed by atoms with Gasteiger partial charge in [0.05, 0.1) is 0 Å². The van der Waals surface area contributed by atoms with Crippen LogP contribution in [0, 0.1) is 5.92 Å². The maximum Gasteiger partial charge on any atom is 0.285 e. The Hall–Kier alpha value is -1.86. The van der Waals surface area contributed by atoms with Crippen LogP contribution in [-0.4, -0.2) is 43.7 Å². The smallest absolute Gasteiger partial charge is 0.285 e. The van der Waals surface area contributed by atoms with Crippen molar-refractivity contribution < 1.29 is 13.2 Å². The van der Waals surface area contributed by atoms with Crippen LogP contribution in [0.25, 0.3) is 4.91 Å². The number of nitrogens with zero attached hydrogens (tertiary/aromatic N) is 2. The molecule has 152 valence electrons. The van der Waals surface area contributed by atoms with Crippen LogP contribution in [0.5, 0.6) is 0 Å². The summed E-state index contributed by atoms with van der Waals surface area (Å²) < 4.78 is 29.4. The van der Waals surface area contributed by atoms with E-state index < -0.39 is 10.0 Å². The first-order valence-electron chi connectivity index (χ1n) is 9.37. The number of piperidine rings is 1. The number of likely N-dealkylation sites (tertiary alicyclic amines) is 1. The lowest BCUT2D eigenvalue weighted by Gasteiger charge is -2.34. The number of amides is 1. The summed E-state index contributed by atoms with van der Waals surface area (Å²) in [6, 6.07) is 6.73. The van der Waals surface area contributed by atoms with Gasteiger partial charge < -0.3 is 10.2 Å². The van der Waals surface area contributed by atoms with Crippen molar-refractivity contribution in [3.63, 3.8) is 0 Å². The highest BCUT2D eigenvalue weighted by atomic mass is 35.5. The van der Waals surface area contributed by atoms with E-state index in [9.17, 15) is 13.2 Å². The van der Waals surface area contributed by atoms with E-state index in [4.69, 9.17) is 11.6 Å². The van der Waals surface area contributed by atoms with Crippen LogP contribution >= 0.6 is 11.6 Å². The first-order chi connectivity index (χ1) is 13.0. The number of benzene rings is 1. The van der Waals surface area contributed by atoms with Crippen molar-refractivity contribution in [3.05, 3.63) is 40.4 Å². The summed E-state index contributed by atoms with van der Waals surface area (Å²) in [5.41, 5.74) is 0.963. The van der Waals surface area contributed by atoms with Crippen molar-refractivity contribution in [1.29, 1.82) is 0 Å². The van der Waals surface area contributed by atoms with E-state index >= 15 is 0 Å². The molecular formula is C20H26ClN3O3S. The van der Waals surface area contributed by atoms with E-state index in [-0.39, 0.29) is 22.3 Å². The molecule has 1 amide bonds. The molecule has 1 saturated heterocycles. The Morgan fingerprint density at radius 2 is 1.75 bits per heavy atom. The number of carbonyl (C=O) groups is 1. The molecule has 1 aromatic carbocycles. The van der Waals surface area contributed by atoms with Crippen molar-refractivity contribution in [1.82, 2.24) is 10.2 Å². The Kier molecular flexibility index (Phi) is 5.60. The van der Waals surface area contributed by atoms with E-state index in [2.05, 4.69) is 9.71 Å².